The summed E-state index contributed by atoms with van der Waals surface area (Å²) in [6.45, 7) is 3.45. The maximum absolute atomic E-state index is 12.9. The lowest BCUT2D eigenvalue weighted by Crippen LogP contribution is -2.57. The molecule has 2 N–H and O–H groups in total. The first-order valence-corrected chi connectivity index (χ1v) is 11.6. The van der Waals surface area contributed by atoms with Crippen molar-refractivity contribution in [2.24, 2.45) is 5.92 Å². The van der Waals surface area contributed by atoms with Gasteiger partial charge in [0.25, 0.3) is 5.91 Å². The Labute approximate surface area is 182 Å². The molecule has 4 aliphatic heterocycles. The second-order valence-electron chi connectivity index (χ2n) is 8.86. The molecule has 0 aliphatic carbocycles. The fraction of sp³-hybridized carbons (Fsp3) is 0.619. The molecule has 31 heavy (non-hydrogen) atoms. The number of hydrogen-bond acceptors (Lipinski definition) is 6. The Kier molecular flexibility index (Phi) is 5.56. The average Bonchev–Trinajstić information content (AvgIpc) is 3.39. The number of carbonyl (C=O) groups excluding carboxylic acids is 1. The molecule has 5 heterocycles. The van der Waals surface area contributed by atoms with Gasteiger partial charge in [-0.3, -0.25) is 4.79 Å². The van der Waals surface area contributed by atoms with Crippen LogP contribution in [0.2, 0.25) is 0 Å². The summed E-state index contributed by atoms with van der Waals surface area (Å²) < 4.78 is 42.7. The number of rotatable bonds is 5. The van der Waals surface area contributed by atoms with Crippen LogP contribution in [0.1, 0.15) is 29.8 Å². The topological polar surface area (TPSA) is 60.5 Å². The summed E-state index contributed by atoms with van der Waals surface area (Å²) in [4.78, 5) is 17.4. The maximum Gasteiger partial charge on any atom is 0.401 e. The summed E-state index contributed by atoms with van der Waals surface area (Å²) in [5.41, 5.74) is 1.42. The molecule has 168 valence electrons. The van der Waals surface area contributed by atoms with Gasteiger partial charge in [0.2, 0.25) is 0 Å². The first-order chi connectivity index (χ1) is 14.9. The molecule has 4 fully saturated rings. The van der Waals surface area contributed by atoms with E-state index in [1.807, 2.05) is 18.2 Å². The van der Waals surface area contributed by atoms with Crippen molar-refractivity contribution >= 4 is 33.2 Å². The molecule has 6 nitrogen and oxygen atoms in total. The van der Waals surface area contributed by atoms with Gasteiger partial charge >= 0.3 is 6.18 Å². The Morgan fingerprint density at radius 1 is 1.16 bits per heavy atom. The molecule has 2 bridgehead atoms. The Hall–Kier alpha value is -1.91. The lowest BCUT2D eigenvalue weighted by Gasteiger charge is -2.44. The van der Waals surface area contributed by atoms with Gasteiger partial charge in [-0.15, -0.1) is 0 Å². The number of hydrogen-bond donors (Lipinski definition) is 2. The zero-order valence-corrected chi connectivity index (χ0v) is 17.9. The van der Waals surface area contributed by atoms with Crippen molar-refractivity contribution in [3.05, 3.63) is 23.9 Å². The molecule has 1 aromatic heterocycles. The number of benzene rings is 1. The van der Waals surface area contributed by atoms with Crippen molar-refractivity contribution in [1.82, 2.24) is 19.9 Å². The maximum atomic E-state index is 12.9. The number of nitrogens with one attached hydrogen (secondary N) is 2. The fourth-order valence-electron chi connectivity index (χ4n) is 5.07. The number of alkyl halides is 3. The van der Waals surface area contributed by atoms with E-state index in [9.17, 15) is 18.0 Å². The van der Waals surface area contributed by atoms with Crippen LogP contribution in [0.5, 0.6) is 0 Å². The van der Waals surface area contributed by atoms with Gasteiger partial charge in [-0.25, -0.2) is 0 Å². The predicted molar refractivity (Wildman–Crippen MR) is 115 cm³/mol. The van der Waals surface area contributed by atoms with Crippen molar-refractivity contribution in [2.75, 3.05) is 44.2 Å². The Balaban J connectivity index is 1.24. The third kappa shape index (κ3) is 4.51. The number of aromatic nitrogens is 1. The predicted octanol–water partition coefficient (Wildman–Crippen LogP) is 2.85. The summed E-state index contributed by atoms with van der Waals surface area (Å²) in [7, 11) is 0. The smallest absolute Gasteiger partial charge is 0.370 e. The van der Waals surface area contributed by atoms with E-state index in [1.54, 1.807) is 0 Å². The molecule has 1 aromatic carbocycles. The van der Waals surface area contributed by atoms with E-state index in [0.29, 0.717) is 31.1 Å². The van der Waals surface area contributed by atoms with Crippen LogP contribution in [-0.4, -0.2) is 72.7 Å². The first kappa shape index (κ1) is 21.0. The van der Waals surface area contributed by atoms with Crippen molar-refractivity contribution in [3.63, 3.8) is 0 Å². The van der Waals surface area contributed by atoms with E-state index in [2.05, 4.69) is 24.8 Å². The highest BCUT2D eigenvalue weighted by Crippen LogP contribution is 2.31. The highest BCUT2D eigenvalue weighted by atomic mass is 32.1. The monoisotopic (exact) mass is 453 g/mol. The van der Waals surface area contributed by atoms with E-state index in [1.165, 1.54) is 11.5 Å². The van der Waals surface area contributed by atoms with Crippen LogP contribution in [0.3, 0.4) is 0 Å². The van der Waals surface area contributed by atoms with Crippen LogP contribution >= 0.6 is 11.5 Å². The number of nitrogens with zero attached hydrogens (tertiary/aromatic N) is 3. The molecule has 4 saturated heterocycles. The Morgan fingerprint density at radius 2 is 1.97 bits per heavy atom. The standard InChI is InChI=1S/C21H26F3N5OS/c22-21(23,24)12-25-14-5-8-29(10-14)15-1-2-16-18(9-15)31-27-19(16)20(30)26-17-11-28-6-3-13(17)4-7-28/h1-2,9,13-14,17,25H,3-8,10-12H2,(H,26,30)/t14?,17-/m1/s1. The number of fused-ring (bicyclic) bond motifs is 4. The van der Waals surface area contributed by atoms with Crippen LogP contribution in [0.4, 0.5) is 18.9 Å². The molecule has 0 radical (unpaired) electrons. The fourth-order valence-corrected chi connectivity index (χ4v) is 5.88. The summed E-state index contributed by atoms with van der Waals surface area (Å²) in [6.07, 6.45) is -1.24. The molecule has 0 spiro atoms. The number of amides is 1. The number of piperidine rings is 3. The second kappa shape index (κ2) is 8.22. The van der Waals surface area contributed by atoms with Crippen LogP contribution in [0.15, 0.2) is 18.2 Å². The van der Waals surface area contributed by atoms with Gasteiger partial charge in [0, 0.05) is 42.8 Å². The van der Waals surface area contributed by atoms with Gasteiger partial charge in [-0.2, -0.15) is 17.5 Å². The summed E-state index contributed by atoms with van der Waals surface area (Å²) >= 11 is 1.29. The summed E-state index contributed by atoms with van der Waals surface area (Å²) in [6, 6.07) is 5.85. The number of carbonyl (C=O) groups is 1. The molecular weight excluding hydrogens is 427 g/mol. The van der Waals surface area contributed by atoms with Crippen LogP contribution in [0.25, 0.3) is 10.1 Å². The van der Waals surface area contributed by atoms with Crippen molar-refractivity contribution in [1.29, 1.82) is 0 Å². The van der Waals surface area contributed by atoms with Gasteiger partial charge in [0.15, 0.2) is 0 Å². The van der Waals surface area contributed by atoms with Crippen molar-refractivity contribution in [3.8, 4) is 0 Å². The van der Waals surface area contributed by atoms with E-state index < -0.39 is 12.7 Å². The van der Waals surface area contributed by atoms with Gasteiger partial charge in [0.05, 0.1) is 11.2 Å². The Bertz CT molecular complexity index is 956. The Morgan fingerprint density at radius 3 is 2.68 bits per heavy atom. The van der Waals surface area contributed by atoms with Crippen LogP contribution in [-0.2, 0) is 0 Å². The minimum Gasteiger partial charge on any atom is -0.370 e. The summed E-state index contributed by atoms with van der Waals surface area (Å²) in [5, 5.41) is 6.63. The van der Waals surface area contributed by atoms with E-state index in [0.717, 1.165) is 48.2 Å². The van der Waals surface area contributed by atoms with Crippen molar-refractivity contribution in [2.45, 2.75) is 37.5 Å². The molecule has 1 unspecified atom stereocenters. The molecule has 6 rings (SSSR count). The minimum absolute atomic E-state index is 0.115. The highest BCUT2D eigenvalue weighted by Gasteiger charge is 2.35. The SMILES string of the molecule is O=C(N[C@@H]1CN2CCC1CC2)c1nsc2cc(N3CCC(NCC(F)(F)F)C3)ccc12. The molecule has 2 aromatic rings. The third-order valence-electron chi connectivity index (χ3n) is 6.79. The summed E-state index contributed by atoms with van der Waals surface area (Å²) in [5.74, 6) is 0.440. The molecule has 4 aliphatic rings. The second-order valence-corrected chi connectivity index (χ2v) is 9.66. The lowest BCUT2D eigenvalue weighted by atomic mass is 9.84. The van der Waals surface area contributed by atoms with E-state index in [4.69, 9.17) is 0 Å². The molecule has 2 atom stereocenters. The third-order valence-corrected chi connectivity index (χ3v) is 7.60. The lowest BCUT2D eigenvalue weighted by molar-refractivity contribution is -0.125. The van der Waals surface area contributed by atoms with Crippen LogP contribution < -0.4 is 15.5 Å². The molecule has 10 heteroatoms. The zero-order valence-electron chi connectivity index (χ0n) is 17.1. The van der Waals surface area contributed by atoms with E-state index >= 15 is 0 Å². The van der Waals surface area contributed by atoms with Gasteiger partial charge in [-0.05, 0) is 68.0 Å². The van der Waals surface area contributed by atoms with Crippen molar-refractivity contribution < 1.29 is 18.0 Å². The first-order valence-electron chi connectivity index (χ1n) is 10.8. The van der Waals surface area contributed by atoms with Crippen LogP contribution in [0, 0.1) is 5.92 Å². The molecule has 0 saturated carbocycles. The largest absolute Gasteiger partial charge is 0.401 e. The molecule has 1 amide bonds. The van der Waals surface area contributed by atoms with Gasteiger partial charge in [-0.1, -0.05) is 0 Å². The molecular formula is C21H26F3N5OS. The van der Waals surface area contributed by atoms with E-state index in [-0.39, 0.29) is 18.0 Å². The quantitative estimate of drug-likeness (QED) is 0.729. The number of halogens is 3. The van der Waals surface area contributed by atoms with Gasteiger partial charge < -0.3 is 20.4 Å². The average molecular weight is 454 g/mol. The highest BCUT2D eigenvalue weighted by molar-refractivity contribution is 7.13. The normalized spacial score (nSPS) is 28.4. The zero-order chi connectivity index (χ0) is 21.6. The number of anilines is 1. The van der Waals surface area contributed by atoms with Gasteiger partial charge in [0.1, 0.15) is 5.69 Å². The minimum atomic E-state index is -4.19.